The number of carbonyl (C=O) groups is 2. The molecular formula is C21H25ClN2O5S2. The number of nitrogens with one attached hydrogen (secondary N) is 2. The van der Waals surface area contributed by atoms with Gasteiger partial charge in [-0.1, -0.05) is 23.7 Å². The fourth-order valence-corrected chi connectivity index (χ4v) is 4.88. The molecule has 2 aromatic rings. The van der Waals surface area contributed by atoms with Gasteiger partial charge in [-0.3, -0.25) is 9.59 Å². The number of sulfonamides is 1. The number of benzene rings is 2. The van der Waals surface area contributed by atoms with Gasteiger partial charge in [0.15, 0.2) is 6.10 Å². The monoisotopic (exact) mass is 484 g/mol. The van der Waals surface area contributed by atoms with Crippen molar-refractivity contribution in [3.63, 3.8) is 0 Å². The smallest absolute Gasteiger partial charge is 0.307 e. The quantitative estimate of drug-likeness (QED) is 0.389. The summed E-state index contributed by atoms with van der Waals surface area (Å²) in [5.41, 5.74) is 0.394. The second-order valence-electron chi connectivity index (χ2n) is 6.95. The highest BCUT2D eigenvalue weighted by Gasteiger charge is 2.19. The van der Waals surface area contributed by atoms with E-state index in [0.717, 1.165) is 4.90 Å². The Morgan fingerprint density at radius 1 is 1.06 bits per heavy atom. The highest BCUT2D eigenvalue weighted by Crippen LogP contribution is 2.27. The predicted octanol–water partition coefficient (Wildman–Crippen LogP) is 4.08. The van der Waals surface area contributed by atoms with Crippen molar-refractivity contribution in [2.45, 2.75) is 49.1 Å². The molecule has 2 aromatic carbocycles. The van der Waals surface area contributed by atoms with Crippen LogP contribution < -0.4 is 10.0 Å². The van der Waals surface area contributed by atoms with E-state index in [-0.39, 0.29) is 17.4 Å². The molecule has 1 amide bonds. The van der Waals surface area contributed by atoms with E-state index in [1.807, 2.05) is 18.2 Å². The SMILES string of the molecule is CC(C)NS(=O)(=O)c1ccc(NC(=O)C(C)OC(=O)CCSc2ccccc2Cl)cc1. The second kappa shape index (κ2) is 11.5. The summed E-state index contributed by atoms with van der Waals surface area (Å²) in [7, 11) is -3.61. The number of thioether (sulfide) groups is 1. The predicted molar refractivity (Wildman–Crippen MR) is 123 cm³/mol. The third-order valence-corrected chi connectivity index (χ3v) is 7.09. The molecule has 2 rings (SSSR count). The number of amides is 1. The molecule has 0 saturated heterocycles. The van der Waals surface area contributed by atoms with E-state index < -0.39 is 28.0 Å². The number of hydrogen-bond donors (Lipinski definition) is 2. The van der Waals surface area contributed by atoms with E-state index in [9.17, 15) is 18.0 Å². The maximum absolute atomic E-state index is 12.3. The molecule has 0 aliphatic carbocycles. The minimum Gasteiger partial charge on any atom is -0.453 e. The highest BCUT2D eigenvalue weighted by atomic mass is 35.5. The van der Waals surface area contributed by atoms with Gasteiger partial charge in [0, 0.05) is 22.4 Å². The maximum Gasteiger partial charge on any atom is 0.307 e. The van der Waals surface area contributed by atoms with E-state index >= 15 is 0 Å². The van der Waals surface area contributed by atoms with Crippen LogP contribution in [-0.2, 0) is 24.3 Å². The van der Waals surface area contributed by atoms with Crippen molar-refractivity contribution < 1.29 is 22.7 Å². The van der Waals surface area contributed by atoms with Crippen LogP contribution in [0.1, 0.15) is 27.2 Å². The lowest BCUT2D eigenvalue weighted by Gasteiger charge is -2.14. The first-order valence-electron chi connectivity index (χ1n) is 9.58. The van der Waals surface area contributed by atoms with E-state index in [1.165, 1.54) is 43.0 Å². The molecule has 31 heavy (non-hydrogen) atoms. The molecular weight excluding hydrogens is 460 g/mol. The van der Waals surface area contributed by atoms with Gasteiger partial charge in [-0.25, -0.2) is 13.1 Å². The minimum absolute atomic E-state index is 0.0923. The van der Waals surface area contributed by atoms with Crippen LogP contribution in [-0.4, -0.2) is 38.2 Å². The Labute approximate surface area is 191 Å². The summed E-state index contributed by atoms with van der Waals surface area (Å²) < 4.78 is 31.9. The van der Waals surface area contributed by atoms with Crippen LogP contribution in [0.15, 0.2) is 58.3 Å². The van der Waals surface area contributed by atoms with Gasteiger partial charge in [-0.15, -0.1) is 11.8 Å². The summed E-state index contributed by atoms with van der Waals surface area (Å²) >= 11 is 7.51. The van der Waals surface area contributed by atoms with Gasteiger partial charge in [-0.05, 0) is 57.2 Å². The topological polar surface area (TPSA) is 102 Å². The van der Waals surface area contributed by atoms with Crippen LogP contribution in [0, 0.1) is 0 Å². The van der Waals surface area contributed by atoms with Gasteiger partial charge in [-0.2, -0.15) is 0 Å². The molecule has 1 atom stereocenters. The Hall–Kier alpha value is -2.07. The molecule has 0 bridgehead atoms. The van der Waals surface area contributed by atoms with Crippen LogP contribution in [0.3, 0.4) is 0 Å². The Kier molecular flexibility index (Phi) is 9.36. The van der Waals surface area contributed by atoms with Crippen molar-refractivity contribution in [3.8, 4) is 0 Å². The van der Waals surface area contributed by atoms with Crippen molar-refractivity contribution in [2.24, 2.45) is 0 Å². The van der Waals surface area contributed by atoms with E-state index in [4.69, 9.17) is 16.3 Å². The van der Waals surface area contributed by atoms with Crippen molar-refractivity contribution in [1.29, 1.82) is 0 Å². The summed E-state index contributed by atoms with van der Waals surface area (Å²) in [5, 5.41) is 3.22. The number of rotatable bonds is 10. The molecule has 7 nitrogen and oxygen atoms in total. The lowest BCUT2D eigenvalue weighted by atomic mass is 10.3. The number of carbonyl (C=O) groups excluding carboxylic acids is 2. The number of halogens is 1. The molecule has 0 aliphatic heterocycles. The maximum atomic E-state index is 12.3. The molecule has 0 aromatic heterocycles. The van der Waals surface area contributed by atoms with Crippen molar-refractivity contribution >= 4 is 50.9 Å². The molecule has 1 unspecified atom stereocenters. The largest absolute Gasteiger partial charge is 0.453 e. The first-order valence-corrected chi connectivity index (χ1v) is 12.4. The van der Waals surface area contributed by atoms with E-state index in [0.29, 0.717) is 16.5 Å². The number of anilines is 1. The molecule has 10 heteroatoms. The summed E-state index contributed by atoms with van der Waals surface area (Å²) in [6.07, 6.45) is -0.869. The van der Waals surface area contributed by atoms with Gasteiger partial charge >= 0.3 is 5.97 Å². The van der Waals surface area contributed by atoms with Gasteiger partial charge in [0.25, 0.3) is 5.91 Å². The third-order valence-electron chi connectivity index (χ3n) is 3.90. The molecule has 0 radical (unpaired) electrons. The van der Waals surface area contributed by atoms with Crippen molar-refractivity contribution in [2.75, 3.05) is 11.1 Å². The Balaban J connectivity index is 1.82. The average Bonchev–Trinajstić information content (AvgIpc) is 2.69. The van der Waals surface area contributed by atoms with Gasteiger partial charge < -0.3 is 10.1 Å². The normalized spacial score (nSPS) is 12.4. The zero-order chi connectivity index (χ0) is 23.0. The van der Waals surface area contributed by atoms with Crippen LogP contribution >= 0.6 is 23.4 Å². The Bertz CT molecular complexity index is 1010. The molecule has 0 saturated carbocycles. The molecule has 0 fully saturated rings. The Morgan fingerprint density at radius 2 is 1.71 bits per heavy atom. The zero-order valence-corrected chi connectivity index (χ0v) is 19.8. The summed E-state index contributed by atoms with van der Waals surface area (Å²) in [6.45, 7) is 4.93. The first kappa shape index (κ1) is 25.2. The summed E-state index contributed by atoms with van der Waals surface area (Å²) in [6, 6.07) is 12.8. The fourth-order valence-electron chi connectivity index (χ4n) is 2.46. The van der Waals surface area contributed by atoms with Gasteiger partial charge in [0.2, 0.25) is 10.0 Å². The molecule has 0 heterocycles. The van der Waals surface area contributed by atoms with Crippen LogP contribution in [0.2, 0.25) is 5.02 Å². The second-order valence-corrected chi connectivity index (χ2v) is 10.2. The number of hydrogen-bond acceptors (Lipinski definition) is 6. The van der Waals surface area contributed by atoms with Crippen LogP contribution in [0.4, 0.5) is 5.69 Å². The standard InChI is InChI=1S/C21H25ClN2O5S2/c1-14(2)24-31(27,28)17-10-8-16(9-11-17)23-21(26)15(3)29-20(25)12-13-30-19-7-5-4-6-18(19)22/h4-11,14-15,24H,12-13H2,1-3H3,(H,23,26). The highest BCUT2D eigenvalue weighted by molar-refractivity contribution is 7.99. The number of ether oxygens (including phenoxy) is 1. The molecule has 2 N–H and O–H groups in total. The first-order chi connectivity index (χ1) is 14.6. The summed E-state index contributed by atoms with van der Waals surface area (Å²) in [5.74, 6) is -0.538. The van der Waals surface area contributed by atoms with Crippen molar-refractivity contribution in [3.05, 3.63) is 53.6 Å². The minimum atomic E-state index is -3.61. The summed E-state index contributed by atoms with van der Waals surface area (Å²) in [4.78, 5) is 25.2. The molecule has 0 spiro atoms. The Morgan fingerprint density at radius 3 is 2.32 bits per heavy atom. The van der Waals surface area contributed by atoms with Crippen LogP contribution in [0.25, 0.3) is 0 Å². The van der Waals surface area contributed by atoms with E-state index in [2.05, 4.69) is 10.0 Å². The van der Waals surface area contributed by atoms with Crippen molar-refractivity contribution in [1.82, 2.24) is 4.72 Å². The average molecular weight is 485 g/mol. The zero-order valence-electron chi connectivity index (χ0n) is 17.4. The fraction of sp³-hybridized carbons (Fsp3) is 0.333. The molecule has 0 aliphatic rings. The van der Waals surface area contributed by atoms with Gasteiger partial charge in [0.1, 0.15) is 0 Å². The third kappa shape index (κ3) is 8.17. The van der Waals surface area contributed by atoms with E-state index in [1.54, 1.807) is 19.9 Å². The lowest BCUT2D eigenvalue weighted by molar-refractivity contribution is -0.152. The van der Waals surface area contributed by atoms with Crippen LogP contribution in [0.5, 0.6) is 0 Å². The molecule has 168 valence electrons. The lowest BCUT2D eigenvalue weighted by Crippen LogP contribution is -2.30. The number of esters is 1. The van der Waals surface area contributed by atoms with Gasteiger partial charge in [0.05, 0.1) is 16.3 Å².